The predicted octanol–water partition coefficient (Wildman–Crippen LogP) is 6.60. The first kappa shape index (κ1) is 20.9. The second-order valence-corrected chi connectivity index (χ2v) is 9.32. The quantitative estimate of drug-likeness (QED) is 0.527. The lowest BCUT2D eigenvalue weighted by Crippen LogP contribution is -2.14. The lowest BCUT2D eigenvalue weighted by atomic mass is 9.79. The van der Waals surface area contributed by atoms with E-state index in [1.807, 2.05) is 6.92 Å². The van der Waals surface area contributed by atoms with Gasteiger partial charge >= 0.3 is 0 Å². The van der Waals surface area contributed by atoms with Crippen LogP contribution in [0.1, 0.15) is 70.4 Å². The van der Waals surface area contributed by atoms with Crippen LogP contribution in [0.3, 0.4) is 0 Å². The monoisotopic (exact) mass is 401 g/mol. The Balaban J connectivity index is 1.69. The van der Waals surface area contributed by atoms with Gasteiger partial charge in [0.1, 0.15) is 5.82 Å². The fourth-order valence-electron chi connectivity index (χ4n) is 5.38. The Kier molecular flexibility index (Phi) is 5.84. The van der Waals surface area contributed by atoms with Gasteiger partial charge in [-0.3, -0.25) is 0 Å². The first-order chi connectivity index (χ1) is 14.4. The molecule has 0 bridgehead atoms. The van der Waals surface area contributed by atoms with E-state index in [0.717, 1.165) is 41.9 Å². The minimum absolute atomic E-state index is 0.379. The molecule has 0 amide bonds. The molecule has 158 valence electrons. The van der Waals surface area contributed by atoms with Gasteiger partial charge in [0, 0.05) is 0 Å². The summed E-state index contributed by atoms with van der Waals surface area (Å²) in [4.78, 5) is 8.39. The van der Waals surface area contributed by atoms with Gasteiger partial charge in [0.05, 0.1) is 17.9 Å². The number of allylic oxidation sites excluding steroid dienone is 9. The van der Waals surface area contributed by atoms with E-state index in [1.54, 1.807) is 0 Å². The summed E-state index contributed by atoms with van der Waals surface area (Å²) >= 11 is 0. The van der Waals surface area contributed by atoms with Gasteiger partial charge < -0.3 is 10.3 Å². The lowest BCUT2D eigenvalue weighted by molar-refractivity contribution is 0.594. The van der Waals surface area contributed by atoms with Crippen LogP contribution in [0.15, 0.2) is 71.5 Å². The molecule has 1 aliphatic heterocycles. The van der Waals surface area contributed by atoms with Crippen LogP contribution in [0.4, 0.5) is 0 Å². The summed E-state index contributed by atoms with van der Waals surface area (Å²) in [7, 11) is 0. The molecule has 3 nitrogen and oxygen atoms in total. The van der Waals surface area contributed by atoms with Gasteiger partial charge in [-0.2, -0.15) is 0 Å². The van der Waals surface area contributed by atoms with Crippen LogP contribution in [0.2, 0.25) is 0 Å². The van der Waals surface area contributed by atoms with Crippen LogP contribution in [0.25, 0.3) is 5.57 Å². The Morgan fingerprint density at radius 2 is 1.87 bits per heavy atom. The topological polar surface area (TPSA) is 40.7 Å². The third-order valence-corrected chi connectivity index (χ3v) is 6.99. The molecule has 1 aromatic rings. The zero-order chi connectivity index (χ0) is 21.4. The van der Waals surface area contributed by atoms with Crippen molar-refractivity contribution in [3.63, 3.8) is 0 Å². The molecule has 3 unspecified atom stereocenters. The Hall–Kier alpha value is -2.39. The fourth-order valence-corrected chi connectivity index (χ4v) is 5.38. The van der Waals surface area contributed by atoms with E-state index in [2.05, 4.69) is 62.2 Å². The van der Waals surface area contributed by atoms with Gasteiger partial charge in [-0.1, -0.05) is 51.3 Å². The molecule has 3 aliphatic rings. The van der Waals surface area contributed by atoms with E-state index < -0.39 is 0 Å². The highest BCUT2D eigenvalue weighted by molar-refractivity contribution is 5.76. The first-order valence-electron chi connectivity index (χ1n) is 11.3. The second kappa shape index (κ2) is 8.39. The van der Waals surface area contributed by atoms with Crippen molar-refractivity contribution in [1.82, 2.24) is 15.3 Å². The molecule has 30 heavy (non-hydrogen) atoms. The first-order valence-corrected chi connectivity index (χ1v) is 11.3. The molecule has 2 fully saturated rings. The summed E-state index contributed by atoms with van der Waals surface area (Å²) in [5.74, 6) is 2.23. The Labute approximate surface area is 181 Å². The summed E-state index contributed by atoms with van der Waals surface area (Å²) in [6.45, 7) is 20.3. The predicted molar refractivity (Wildman–Crippen MR) is 127 cm³/mol. The Bertz CT molecular complexity index is 976. The van der Waals surface area contributed by atoms with Gasteiger partial charge in [-0.05, 0) is 90.8 Å². The number of nitrogens with zero attached hydrogens (tertiary/aromatic N) is 1. The molecule has 1 saturated carbocycles. The van der Waals surface area contributed by atoms with E-state index in [4.69, 9.17) is 4.98 Å². The highest BCUT2D eigenvalue weighted by Gasteiger charge is 2.36. The van der Waals surface area contributed by atoms with Gasteiger partial charge in [0.25, 0.3) is 0 Å². The van der Waals surface area contributed by atoms with Crippen LogP contribution >= 0.6 is 0 Å². The highest BCUT2D eigenvalue weighted by Crippen LogP contribution is 2.51. The van der Waals surface area contributed by atoms with Gasteiger partial charge in [0.15, 0.2) is 0 Å². The van der Waals surface area contributed by atoms with E-state index >= 15 is 0 Å². The molecule has 1 aromatic heterocycles. The molecular formula is C27H35N3. The summed E-state index contributed by atoms with van der Waals surface area (Å²) in [6, 6.07) is 0.379. The largest absolute Gasteiger partial charge is 0.341 e. The van der Waals surface area contributed by atoms with Crippen molar-refractivity contribution in [2.24, 2.45) is 11.8 Å². The molecule has 2 heterocycles. The number of nitrogens with one attached hydrogen (secondary N) is 2. The molecule has 0 spiro atoms. The Morgan fingerprint density at radius 1 is 1.10 bits per heavy atom. The van der Waals surface area contributed by atoms with Crippen LogP contribution < -0.4 is 5.32 Å². The molecule has 3 atom stereocenters. The third-order valence-electron chi connectivity index (χ3n) is 6.99. The van der Waals surface area contributed by atoms with Crippen LogP contribution in [0, 0.1) is 11.8 Å². The molecule has 1 saturated heterocycles. The lowest BCUT2D eigenvalue weighted by Gasteiger charge is -2.26. The average Bonchev–Trinajstić information content (AvgIpc) is 3.46. The fraction of sp³-hybridized carbons (Fsp3) is 0.444. The van der Waals surface area contributed by atoms with E-state index in [1.165, 1.54) is 47.2 Å². The maximum atomic E-state index is 4.74. The number of hydrogen-bond donors (Lipinski definition) is 2. The average molecular weight is 402 g/mol. The van der Waals surface area contributed by atoms with Crippen molar-refractivity contribution in [3.05, 3.63) is 83.0 Å². The number of aromatic amines is 1. The third kappa shape index (κ3) is 3.83. The Morgan fingerprint density at radius 3 is 2.57 bits per heavy atom. The maximum absolute atomic E-state index is 4.74. The van der Waals surface area contributed by atoms with Crippen LogP contribution in [-0.2, 0) is 0 Å². The standard InChI is InChI=1S/C27H35N3/c1-16(2)17(3)9-10-18(4)21-11-12-22(26-20(6)14-19(5)25(21)26)24-15-29-27(30-24)23-8-7-13-28-23/h9-10,15,19-20,23,28H,1,3-4,7-8,11-14H2,2,5-6H3,(H,29,30)/b10-9-. The van der Waals surface area contributed by atoms with E-state index in [0.29, 0.717) is 17.9 Å². The summed E-state index contributed by atoms with van der Waals surface area (Å²) in [5, 5.41) is 3.55. The highest BCUT2D eigenvalue weighted by atomic mass is 15.0. The van der Waals surface area contributed by atoms with Gasteiger partial charge in [-0.25, -0.2) is 4.98 Å². The van der Waals surface area contributed by atoms with Crippen molar-refractivity contribution >= 4 is 5.57 Å². The smallest absolute Gasteiger partial charge is 0.123 e. The summed E-state index contributed by atoms with van der Waals surface area (Å²) < 4.78 is 0. The van der Waals surface area contributed by atoms with Crippen molar-refractivity contribution in [1.29, 1.82) is 0 Å². The SMILES string of the molecule is C=C(C)C(=C)/C=C\C(=C)C1=C2C(=C(c3cnc(C4CCCN4)[nH]3)CC1)C(C)CC2C. The summed E-state index contributed by atoms with van der Waals surface area (Å²) in [5.41, 5.74) is 10.2. The number of rotatable bonds is 6. The minimum Gasteiger partial charge on any atom is -0.341 e. The second-order valence-electron chi connectivity index (χ2n) is 9.32. The zero-order valence-corrected chi connectivity index (χ0v) is 18.8. The number of hydrogen-bond acceptors (Lipinski definition) is 2. The number of fused-ring (bicyclic) bond motifs is 1. The van der Waals surface area contributed by atoms with Crippen LogP contribution in [-0.4, -0.2) is 16.5 Å². The molecule has 3 heteroatoms. The number of imidazole rings is 1. The van der Waals surface area contributed by atoms with Gasteiger partial charge in [0.2, 0.25) is 0 Å². The normalized spacial score (nSPS) is 26.6. The zero-order valence-electron chi connectivity index (χ0n) is 18.8. The van der Waals surface area contributed by atoms with E-state index in [-0.39, 0.29) is 0 Å². The molecule has 4 rings (SSSR count). The molecule has 0 aromatic carbocycles. The molecule has 2 aliphatic carbocycles. The van der Waals surface area contributed by atoms with Crippen molar-refractivity contribution in [2.45, 2.75) is 58.9 Å². The molecular weight excluding hydrogens is 366 g/mol. The maximum Gasteiger partial charge on any atom is 0.123 e. The number of aromatic nitrogens is 2. The van der Waals surface area contributed by atoms with Crippen LogP contribution in [0.5, 0.6) is 0 Å². The molecule has 2 N–H and O–H groups in total. The number of H-pyrrole nitrogens is 1. The van der Waals surface area contributed by atoms with E-state index in [9.17, 15) is 0 Å². The van der Waals surface area contributed by atoms with Crippen molar-refractivity contribution in [2.75, 3.05) is 6.54 Å². The summed E-state index contributed by atoms with van der Waals surface area (Å²) in [6.07, 6.45) is 11.9. The van der Waals surface area contributed by atoms with Crippen molar-refractivity contribution in [3.8, 4) is 0 Å². The van der Waals surface area contributed by atoms with Gasteiger partial charge in [-0.15, -0.1) is 0 Å². The van der Waals surface area contributed by atoms with Crippen molar-refractivity contribution < 1.29 is 0 Å². The minimum atomic E-state index is 0.379. The molecule has 0 radical (unpaired) electrons.